The second-order valence-electron chi connectivity index (χ2n) is 3.01. The number of rotatable bonds is 3. The van der Waals surface area contributed by atoms with E-state index < -0.39 is 0 Å². The minimum absolute atomic E-state index is 0.0208. The van der Waals surface area contributed by atoms with E-state index >= 15 is 0 Å². The first kappa shape index (κ1) is 10.4. The molecule has 0 bridgehead atoms. The van der Waals surface area contributed by atoms with Gasteiger partial charge in [0, 0.05) is 6.07 Å². The molecule has 0 spiro atoms. The highest BCUT2D eigenvalue weighted by atomic mass is 35.5. The number of hydrogen-bond acceptors (Lipinski definition) is 1. The van der Waals surface area contributed by atoms with Crippen LogP contribution in [0, 0.1) is 13.0 Å². The van der Waals surface area contributed by atoms with Gasteiger partial charge in [0.25, 0.3) is 0 Å². The Hall–Kier alpha value is -0.690. The van der Waals surface area contributed by atoms with E-state index in [-0.39, 0.29) is 5.38 Å². The summed E-state index contributed by atoms with van der Waals surface area (Å²) >= 11 is 5.98. The van der Waals surface area contributed by atoms with Gasteiger partial charge in [-0.15, -0.1) is 11.6 Å². The molecule has 1 rings (SSSR count). The second kappa shape index (κ2) is 4.52. The third-order valence-corrected chi connectivity index (χ3v) is 2.01. The Bertz CT molecular complexity index is 281. The van der Waals surface area contributed by atoms with Crippen LogP contribution in [-0.2, 0) is 0 Å². The molecule has 71 valence electrons. The number of aryl methyl sites for hydroxylation is 1. The van der Waals surface area contributed by atoms with E-state index in [9.17, 15) is 0 Å². The first-order valence-corrected chi connectivity index (χ1v) is 4.88. The maximum Gasteiger partial charge on any atom is 0.127 e. The van der Waals surface area contributed by atoms with Gasteiger partial charge in [0.15, 0.2) is 0 Å². The molecule has 0 heterocycles. The predicted molar refractivity (Wildman–Crippen MR) is 55.5 cm³/mol. The summed E-state index contributed by atoms with van der Waals surface area (Å²) in [5.74, 6) is 0.782. The summed E-state index contributed by atoms with van der Waals surface area (Å²) in [6.07, 6.45) is 0. The molecule has 13 heavy (non-hydrogen) atoms. The Kier molecular flexibility index (Phi) is 3.61. The van der Waals surface area contributed by atoms with E-state index in [2.05, 4.69) is 6.07 Å². The normalized spacial score (nSPS) is 12.6. The Morgan fingerprint density at radius 2 is 2.23 bits per heavy atom. The molecule has 0 amide bonds. The van der Waals surface area contributed by atoms with Crippen molar-refractivity contribution in [1.29, 1.82) is 0 Å². The van der Waals surface area contributed by atoms with Gasteiger partial charge in [-0.2, -0.15) is 0 Å². The average Bonchev–Trinajstić information content (AvgIpc) is 2.03. The first-order valence-electron chi connectivity index (χ1n) is 4.44. The van der Waals surface area contributed by atoms with Crippen LogP contribution in [0.4, 0.5) is 0 Å². The fourth-order valence-corrected chi connectivity index (χ4v) is 1.30. The highest BCUT2D eigenvalue weighted by molar-refractivity contribution is 6.20. The van der Waals surface area contributed by atoms with Gasteiger partial charge in [-0.25, -0.2) is 0 Å². The fraction of sp³-hybridized carbons (Fsp3) is 0.455. The Morgan fingerprint density at radius 3 is 2.77 bits per heavy atom. The molecule has 0 fully saturated rings. The van der Waals surface area contributed by atoms with Gasteiger partial charge in [0.1, 0.15) is 5.75 Å². The molecule has 1 aromatic carbocycles. The molecule has 1 atom stereocenters. The molecule has 2 heteroatoms. The predicted octanol–water partition coefficient (Wildman–Crippen LogP) is 3.49. The van der Waals surface area contributed by atoms with Gasteiger partial charge in [-0.3, -0.25) is 0 Å². The van der Waals surface area contributed by atoms with Crippen molar-refractivity contribution in [3.63, 3.8) is 0 Å². The lowest BCUT2D eigenvalue weighted by Gasteiger charge is -2.08. The van der Waals surface area contributed by atoms with Gasteiger partial charge in [0.2, 0.25) is 0 Å². The smallest absolute Gasteiger partial charge is 0.127 e. The summed E-state index contributed by atoms with van der Waals surface area (Å²) in [5.41, 5.74) is 2.15. The lowest BCUT2D eigenvalue weighted by molar-refractivity contribution is 0.339. The lowest BCUT2D eigenvalue weighted by atomic mass is 10.1. The molecule has 1 aromatic rings. The van der Waals surface area contributed by atoms with Gasteiger partial charge < -0.3 is 4.74 Å². The van der Waals surface area contributed by atoms with E-state index in [1.165, 1.54) is 0 Å². The summed E-state index contributed by atoms with van der Waals surface area (Å²) in [7, 11) is 0. The van der Waals surface area contributed by atoms with E-state index in [1.807, 2.05) is 32.9 Å². The van der Waals surface area contributed by atoms with Crippen LogP contribution in [0.5, 0.6) is 5.75 Å². The van der Waals surface area contributed by atoms with Crippen LogP contribution >= 0.6 is 11.6 Å². The van der Waals surface area contributed by atoms with E-state index in [1.54, 1.807) is 0 Å². The first-order chi connectivity index (χ1) is 6.13. The van der Waals surface area contributed by atoms with Crippen LogP contribution in [0.25, 0.3) is 0 Å². The number of alkyl halides is 1. The number of benzene rings is 1. The molecule has 0 N–H and O–H groups in total. The monoisotopic (exact) mass is 197 g/mol. The number of hydrogen-bond donors (Lipinski definition) is 0. The quantitative estimate of drug-likeness (QED) is 0.674. The topological polar surface area (TPSA) is 9.23 Å². The van der Waals surface area contributed by atoms with Crippen molar-refractivity contribution in [3.8, 4) is 5.75 Å². The van der Waals surface area contributed by atoms with Gasteiger partial charge in [-0.05, 0) is 38.0 Å². The molecule has 1 radical (unpaired) electrons. The van der Waals surface area contributed by atoms with Crippen molar-refractivity contribution in [2.24, 2.45) is 0 Å². The van der Waals surface area contributed by atoms with Crippen molar-refractivity contribution in [2.45, 2.75) is 26.1 Å². The Balaban J connectivity index is 2.96. The van der Waals surface area contributed by atoms with Crippen molar-refractivity contribution in [1.82, 2.24) is 0 Å². The largest absolute Gasteiger partial charge is 0.493 e. The molecular formula is C11H14ClO. The van der Waals surface area contributed by atoms with E-state index in [0.29, 0.717) is 6.61 Å². The van der Waals surface area contributed by atoms with Crippen molar-refractivity contribution >= 4 is 11.6 Å². The van der Waals surface area contributed by atoms with Gasteiger partial charge in [-0.1, -0.05) is 6.07 Å². The Morgan fingerprint density at radius 1 is 1.54 bits per heavy atom. The van der Waals surface area contributed by atoms with Gasteiger partial charge >= 0.3 is 0 Å². The van der Waals surface area contributed by atoms with Gasteiger partial charge in [0.05, 0.1) is 12.0 Å². The second-order valence-corrected chi connectivity index (χ2v) is 3.66. The van der Waals surface area contributed by atoms with Crippen LogP contribution in [0.3, 0.4) is 0 Å². The Labute approximate surface area is 84.7 Å². The zero-order valence-electron chi connectivity index (χ0n) is 8.23. The van der Waals surface area contributed by atoms with Crippen molar-refractivity contribution in [3.05, 3.63) is 29.3 Å². The van der Waals surface area contributed by atoms with Crippen LogP contribution < -0.4 is 4.74 Å². The van der Waals surface area contributed by atoms with Crippen LogP contribution in [0.15, 0.2) is 12.1 Å². The zero-order chi connectivity index (χ0) is 9.84. The molecule has 1 unspecified atom stereocenters. The average molecular weight is 198 g/mol. The van der Waals surface area contributed by atoms with Crippen LogP contribution in [0.2, 0.25) is 0 Å². The summed E-state index contributed by atoms with van der Waals surface area (Å²) in [6, 6.07) is 7.09. The minimum Gasteiger partial charge on any atom is -0.493 e. The molecule has 0 aliphatic carbocycles. The SMILES string of the molecule is CCOc1[c]c(C)cc(C(C)Cl)c1. The maximum atomic E-state index is 5.98. The fourth-order valence-electron chi connectivity index (χ4n) is 1.17. The molecule has 0 aliphatic rings. The summed E-state index contributed by atoms with van der Waals surface area (Å²) in [6.45, 7) is 6.56. The number of halogens is 1. The maximum absolute atomic E-state index is 5.98. The third-order valence-electron chi connectivity index (χ3n) is 1.76. The molecular weight excluding hydrogens is 184 g/mol. The zero-order valence-corrected chi connectivity index (χ0v) is 8.98. The molecule has 0 aromatic heterocycles. The molecule has 0 aliphatic heterocycles. The molecule has 1 nitrogen and oxygen atoms in total. The minimum atomic E-state index is 0.0208. The molecule has 0 saturated carbocycles. The highest BCUT2D eigenvalue weighted by Crippen LogP contribution is 2.24. The summed E-state index contributed by atoms with van der Waals surface area (Å²) < 4.78 is 5.36. The number of ether oxygens (including phenoxy) is 1. The molecule has 0 saturated heterocycles. The lowest BCUT2D eigenvalue weighted by Crippen LogP contribution is -1.94. The van der Waals surface area contributed by atoms with E-state index in [0.717, 1.165) is 16.9 Å². The standard InChI is InChI=1S/C11H14ClO/c1-4-13-11-6-8(2)5-10(7-11)9(3)12/h5,7,9H,4H2,1-3H3. The van der Waals surface area contributed by atoms with Crippen LogP contribution in [0.1, 0.15) is 30.4 Å². The summed E-state index contributed by atoms with van der Waals surface area (Å²) in [5, 5.41) is 0.0208. The third kappa shape index (κ3) is 2.92. The van der Waals surface area contributed by atoms with Crippen LogP contribution in [-0.4, -0.2) is 6.61 Å². The summed E-state index contributed by atoms with van der Waals surface area (Å²) in [4.78, 5) is 0. The van der Waals surface area contributed by atoms with Crippen molar-refractivity contribution in [2.75, 3.05) is 6.61 Å². The van der Waals surface area contributed by atoms with Crippen molar-refractivity contribution < 1.29 is 4.74 Å². The van der Waals surface area contributed by atoms with E-state index in [4.69, 9.17) is 16.3 Å². The highest BCUT2D eigenvalue weighted by Gasteiger charge is 2.04.